The van der Waals surface area contributed by atoms with Gasteiger partial charge >= 0.3 is 0 Å². The van der Waals surface area contributed by atoms with Crippen molar-refractivity contribution in [2.45, 2.75) is 38.1 Å². The van der Waals surface area contributed by atoms with Gasteiger partial charge in [-0.3, -0.25) is 14.5 Å². The molecule has 2 aliphatic heterocycles. The number of hydrogen-bond donors (Lipinski definition) is 1. The van der Waals surface area contributed by atoms with Gasteiger partial charge in [0, 0.05) is 31.1 Å². The molecule has 6 nitrogen and oxygen atoms in total. The molecule has 2 fully saturated rings. The molecule has 0 spiro atoms. The molecular formula is C24H30FN3O3. The molecule has 2 saturated heterocycles. The van der Waals surface area contributed by atoms with Gasteiger partial charge in [0.2, 0.25) is 5.91 Å². The predicted molar refractivity (Wildman–Crippen MR) is 115 cm³/mol. The SMILES string of the molecule is O=C(NCC(c1ccco1)N1CCCCC1)C1CCN(C(=O)c2ccc(F)cc2)CC1. The van der Waals surface area contributed by atoms with Crippen LogP contribution in [0.25, 0.3) is 0 Å². The van der Waals surface area contributed by atoms with Gasteiger partial charge in [-0.2, -0.15) is 0 Å². The van der Waals surface area contributed by atoms with Crippen LogP contribution in [0.15, 0.2) is 47.1 Å². The van der Waals surface area contributed by atoms with Crippen LogP contribution in [0.2, 0.25) is 0 Å². The van der Waals surface area contributed by atoms with E-state index < -0.39 is 0 Å². The molecule has 1 unspecified atom stereocenters. The molecule has 31 heavy (non-hydrogen) atoms. The summed E-state index contributed by atoms with van der Waals surface area (Å²) >= 11 is 0. The summed E-state index contributed by atoms with van der Waals surface area (Å²) in [5, 5.41) is 3.13. The van der Waals surface area contributed by atoms with Crippen molar-refractivity contribution in [3.05, 3.63) is 59.8 Å². The fraction of sp³-hybridized carbons (Fsp3) is 0.500. The summed E-state index contributed by atoms with van der Waals surface area (Å²) in [4.78, 5) is 29.6. The minimum absolute atomic E-state index is 0.0439. The van der Waals surface area contributed by atoms with Crippen LogP contribution in [-0.4, -0.2) is 54.3 Å². The van der Waals surface area contributed by atoms with E-state index in [4.69, 9.17) is 4.42 Å². The second-order valence-corrected chi connectivity index (χ2v) is 8.45. The molecule has 1 aromatic heterocycles. The van der Waals surface area contributed by atoms with E-state index in [2.05, 4.69) is 10.2 Å². The second kappa shape index (κ2) is 10.1. The second-order valence-electron chi connectivity index (χ2n) is 8.45. The third-order valence-electron chi connectivity index (χ3n) is 6.42. The third-order valence-corrected chi connectivity index (χ3v) is 6.42. The zero-order valence-electron chi connectivity index (χ0n) is 17.8. The Hall–Kier alpha value is -2.67. The maximum Gasteiger partial charge on any atom is 0.253 e. The Balaban J connectivity index is 1.29. The maximum absolute atomic E-state index is 13.1. The first-order chi connectivity index (χ1) is 15.1. The lowest BCUT2D eigenvalue weighted by Gasteiger charge is -2.34. The summed E-state index contributed by atoms with van der Waals surface area (Å²) in [6.07, 6.45) is 6.55. The molecule has 1 N–H and O–H groups in total. The number of nitrogens with one attached hydrogen (secondary N) is 1. The number of likely N-dealkylation sites (tertiary alicyclic amines) is 2. The number of halogens is 1. The highest BCUT2D eigenvalue weighted by Crippen LogP contribution is 2.25. The van der Waals surface area contributed by atoms with Crippen molar-refractivity contribution in [1.29, 1.82) is 0 Å². The average Bonchev–Trinajstić information content (AvgIpc) is 3.34. The first-order valence-electron chi connectivity index (χ1n) is 11.2. The fourth-order valence-electron chi connectivity index (χ4n) is 4.58. The Kier molecular flexibility index (Phi) is 7.02. The quantitative estimate of drug-likeness (QED) is 0.765. The van der Waals surface area contributed by atoms with Gasteiger partial charge < -0.3 is 14.6 Å². The molecular weight excluding hydrogens is 397 g/mol. The average molecular weight is 428 g/mol. The molecule has 0 aliphatic carbocycles. The number of benzene rings is 1. The van der Waals surface area contributed by atoms with Crippen molar-refractivity contribution in [1.82, 2.24) is 15.1 Å². The van der Waals surface area contributed by atoms with Crippen LogP contribution < -0.4 is 5.32 Å². The zero-order chi connectivity index (χ0) is 21.6. The Bertz CT molecular complexity index is 855. The Morgan fingerprint density at radius 1 is 1.03 bits per heavy atom. The molecule has 0 saturated carbocycles. The summed E-state index contributed by atoms with van der Waals surface area (Å²) < 4.78 is 18.7. The zero-order valence-corrected chi connectivity index (χ0v) is 17.8. The number of amides is 2. The van der Waals surface area contributed by atoms with Gasteiger partial charge in [0.25, 0.3) is 5.91 Å². The van der Waals surface area contributed by atoms with Crippen LogP contribution in [0.5, 0.6) is 0 Å². The van der Waals surface area contributed by atoms with Crippen molar-refractivity contribution < 1.29 is 18.4 Å². The normalized spacial score (nSPS) is 19.2. The van der Waals surface area contributed by atoms with E-state index in [1.807, 2.05) is 12.1 Å². The topological polar surface area (TPSA) is 65.8 Å². The van der Waals surface area contributed by atoms with E-state index in [1.165, 1.54) is 43.5 Å². The van der Waals surface area contributed by atoms with E-state index in [0.717, 1.165) is 18.8 Å². The van der Waals surface area contributed by atoms with Crippen molar-refractivity contribution >= 4 is 11.8 Å². The molecule has 0 bridgehead atoms. The largest absolute Gasteiger partial charge is 0.468 e. The summed E-state index contributed by atoms with van der Waals surface area (Å²) in [7, 11) is 0. The smallest absolute Gasteiger partial charge is 0.253 e. The Labute approximate surface area is 182 Å². The Morgan fingerprint density at radius 2 is 1.74 bits per heavy atom. The van der Waals surface area contributed by atoms with Gasteiger partial charge in [0.15, 0.2) is 0 Å². The third kappa shape index (κ3) is 5.34. The van der Waals surface area contributed by atoms with E-state index in [0.29, 0.717) is 38.0 Å². The molecule has 2 amide bonds. The maximum atomic E-state index is 13.1. The van der Waals surface area contributed by atoms with E-state index in [-0.39, 0.29) is 29.6 Å². The van der Waals surface area contributed by atoms with Gasteiger partial charge in [-0.25, -0.2) is 4.39 Å². The lowest BCUT2D eigenvalue weighted by Crippen LogP contribution is -2.45. The summed E-state index contributed by atoms with van der Waals surface area (Å²) in [6.45, 7) is 3.63. The fourth-order valence-corrected chi connectivity index (χ4v) is 4.58. The van der Waals surface area contributed by atoms with Gasteiger partial charge in [0.05, 0.1) is 12.3 Å². The highest BCUT2D eigenvalue weighted by Gasteiger charge is 2.30. The molecule has 3 heterocycles. The van der Waals surface area contributed by atoms with Crippen LogP contribution in [0.1, 0.15) is 54.3 Å². The first-order valence-corrected chi connectivity index (χ1v) is 11.2. The molecule has 0 radical (unpaired) electrons. The van der Waals surface area contributed by atoms with Crippen molar-refractivity contribution in [3.63, 3.8) is 0 Å². The number of rotatable bonds is 6. The summed E-state index contributed by atoms with van der Waals surface area (Å²) in [5.74, 6) is 0.367. The lowest BCUT2D eigenvalue weighted by atomic mass is 9.95. The molecule has 1 aromatic carbocycles. The van der Waals surface area contributed by atoms with E-state index >= 15 is 0 Å². The van der Waals surface area contributed by atoms with Crippen LogP contribution >= 0.6 is 0 Å². The number of hydrogen-bond acceptors (Lipinski definition) is 4. The Morgan fingerprint density at radius 3 is 2.39 bits per heavy atom. The van der Waals surface area contributed by atoms with Gasteiger partial charge in [-0.1, -0.05) is 6.42 Å². The van der Waals surface area contributed by atoms with Gasteiger partial charge in [-0.05, 0) is 75.2 Å². The highest BCUT2D eigenvalue weighted by atomic mass is 19.1. The van der Waals surface area contributed by atoms with E-state index in [1.54, 1.807) is 11.2 Å². The first kappa shape index (κ1) is 21.6. The lowest BCUT2D eigenvalue weighted by molar-refractivity contribution is -0.126. The number of furan rings is 1. The molecule has 2 aromatic rings. The minimum atomic E-state index is -0.357. The predicted octanol–water partition coefficient (Wildman–Crippen LogP) is 3.61. The van der Waals surface area contributed by atoms with Crippen LogP contribution in [0.3, 0.4) is 0 Å². The van der Waals surface area contributed by atoms with Gasteiger partial charge in [0.1, 0.15) is 11.6 Å². The monoisotopic (exact) mass is 427 g/mol. The molecule has 1 atom stereocenters. The molecule has 166 valence electrons. The highest BCUT2D eigenvalue weighted by molar-refractivity contribution is 5.94. The molecule has 7 heteroatoms. The van der Waals surface area contributed by atoms with Crippen molar-refractivity contribution in [3.8, 4) is 0 Å². The van der Waals surface area contributed by atoms with Crippen molar-refractivity contribution in [2.24, 2.45) is 5.92 Å². The van der Waals surface area contributed by atoms with Gasteiger partial charge in [-0.15, -0.1) is 0 Å². The van der Waals surface area contributed by atoms with Crippen LogP contribution in [0, 0.1) is 11.7 Å². The standard InChI is InChI=1S/C24H30FN3O3/c25-20-8-6-19(7-9-20)24(30)28-14-10-18(11-15-28)23(29)26-17-21(22-5-4-16-31-22)27-12-2-1-3-13-27/h4-9,16,18,21H,1-3,10-15,17H2,(H,26,29). The summed E-state index contributed by atoms with van der Waals surface area (Å²) in [6, 6.07) is 9.53. The van der Waals surface area contributed by atoms with E-state index in [9.17, 15) is 14.0 Å². The number of piperidine rings is 2. The molecule has 4 rings (SSSR count). The number of carbonyl (C=O) groups excluding carboxylic acids is 2. The van der Waals surface area contributed by atoms with Crippen LogP contribution in [0.4, 0.5) is 4.39 Å². The number of nitrogens with zero attached hydrogens (tertiary/aromatic N) is 2. The van der Waals surface area contributed by atoms with Crippen LogP contribution in [-0.2, 0) is 4.79 Å². The van der Waals surface area contributed by atoms with Crippen molar-refractivity contribution in [2.75, 3.05) is 32.7 Å². The summed E-state index contributed by atoms with van der Waals surface area (Å²) in [5.41, 5.74) is 0.479. The molecule has 2 aliphatic rings. The number of carbonyl (C=O) groups is 2. The minimum Gasteiger partial charge on any atom is -0.468 e.